The van der Waals surface area contributed by atoms with Crippen LogP contribution >= 0.6 is 27.5 Å². The number of fused-ring (bicyclic) bond motifs is 1. The molecular formula is C21H23BrClNO3. The van der Waals surface area contributed by atoms with Gasteiger partial charge in [-0.1, -0.05) is 23.7 Å². The molecule has 4 nitrogen and oxygen atoms in total. The van der Waals surface area contributed by atoms with E-state index in [0.717, 1.165) is 39.9 Å². The number of halogens is 2. The van der Waals surface area contributed by atoms with Crippen molar-refractivity contribution in [2.24, 2.45) is 0 Å². The van der Waals surface area contributed by atoms with Gasteiger partial charge in [0.25, 0.3) is 0 Å². The predicted octanol–water partition coefficient (Wildman–Crippen LogP) is 6.54. The molecule has 0 N–H and O–H groups in total. The maximum absolute atomic E-state index is 13.2. The van der Waals surface area contributed by atoms with Gasteiger partial charge in [0.05, 0.1) is 18.8 Å². The van der Waals surface area contributed by atoms with Crippen LogP contribution in [0, 0.1) is 0 Å². The minimum Gasteiger partial charge on any atom is -0.497 e. The Morgan fingerprint density at radius 1 is 1.26 bits per heavy atom. The molecule has 1 unspecified atom stereocenters. The Bertz CT molecular complexity index is 863. The lowest BCUT2D eigenvalue weighted by Crippen LogP contribution is -2.42. The van der Waals surface area contributed by atoms with Gasteiger partial charge in [0.1, 0.15) is 11.4 Å². The second-order valence-corrected chi connectivity index (χ2v) is 8.87. The molecule has 0 saturated heterocycles. The molecule has 0 saturated carbocycles. The fourth-order valence-corrected chi connectivity index (χ4v) is 4.42. The highest BCUT2D eigenvalue weighted by Gasteiger charge is 2.36. The van der Waals surface area contributed by atoms with Crippen LogP contribution in [0.5, 0.6) is 5.75 Å². The third kappa shape index (κ3) is 4.41. The number of carbonyl (C=O) groups excluding carboxylic acids is 1. The zero-order chi connectivity index (χ0) is 19.8. The summed E-state index contributed by atoms with van der Waals surface area (Å²) in [6.07, 6.45) is 1.21. The molecule has 2 aromatic rings. The van der Waals surface area contributed by atoms with Crippen molar-refractivity contribution < 1.29 is 14.3 Å². The van der Waals surface area contributed by atoms with Crippen LogP contribution < -0.4 is 9.64 Å². The van der Waals surface area contributed by atoms with Gasteiger partial charge in [-0.15, -0.1) is 0 Å². The lowest BCUT2D eigenvalue weighted by molar-refractivity contribution is 0.0559. The van der Waals surface area contributed by atoms with Crippen LogP contribution in [0.3, 0.4) is 0 Å². The lowest BCUT2D eigenvalue weighted by atomic mass is 9.91. The Morgan fingerprint density at radius 3 is 2.67 bits per heavy atom. The highest BCUT2D eigenvalue weighted by molar-refractivity contribution is 9.10. The summed E-state index contributed by atoms with van der Waals surface area (Å²) < 4.78 is 11.9. The van der Waals surface area contributed by atoms with Crippen molar-refractivity contribution in [3.63, 3.8) is 0 Å². The fourth-order valence-electron chi connectivity index (χ4n) is 3.35. The normalized spacial score (nSPS) is 16.7. The molecule has 1 aliphatic rings. The molecule has 0 aromatic heterocycles. The highest BCUT2D eigenvalue weighted by atomic mass is 79.9. The molecule has 1 aliphatic heterocycles. The van der Waals surface area contributed by atoms with E-state index in [1.165, 1.54) is 0 Å². The number of hydrogen-bond donors (Lipinski definition) is 0. The van der Waals surface area contributed by atoms with Crippen LogP contribution in [0.4, 0.5) is 10.5 Å². The van der Waals surface area contributed by atoms with Gasteiger partial charge in [0.2, 0.25) is 0 Å². The first-order valence-corrected chi connectivity index (χ1v) is 10.0. The number of methoxy groups -OCH3 is 1. The molecule has 0 radical (unpaired) electrons. The van der Waals surface area contributed by atoms with Gasteiger partial charge in [-0.25, -0.2) is 4.79 Å². The molecule has 1 amide bonds. The van der Waals surface area contributed by atoms with Gasteiger partial charge in [-0.05, 0) is 84.9 Å². The second-order valence-electron chi connectivity index (χ2n) is 7.58. The van der Waals surface area contributed by atoms with Crippen molar-refractivity contribution in [2.45, 2.75) is 45.3 Å². The van der Waals surface area contributed by atoms with E-state index in [1.54, 1.807) is 12.0 Å². The third-order valence-electron chi connectivity index (χ3n) is 4.42. The zero-order valence-corrected chi connectivity index (χ0v) is 18.2. The zero-order valence-electron chi connectivity index (χ0n) is 15.9. The molecule has 0 aliphatic carbocycles. The number of nitrogens with zero attached hydrogens (tertiary/aromatic N) is 1. The van der Waals surface area contributed by atoms with E-state index in [-0.39, 0.29) is 12.1 Å². The maximum Gasteiger partial charge on any atom is 0.415 e. The van der Waals surface area contributed by atoms with E-state index in [2.05, 4.69) is 15.9 Å². The third-order valence-corrected chi connectivity index (χ3v) is 5.24. The van der Waals surface area contributed by atoms with Crippen LogP contribution in [0.2, 0.25) is 5.02 Å². The molecule has 27 heavy (non-hydrogen) atoms. The highest BCUT2D eigenvalue weighted by Crippen LogP contribution is 2.45. The average Bonchev–Trinajstić information content (AvgIpc) is 2.59. The van der Waals surface area contributed by atoms with E-state index in [1.807, 2.05) is 57.2 Å². The van der Waals surface area contributed by atoms with Gasteiger partial charge < -0.3 is 9.47 Å². The van der Waals surface area contributed by atoms with Crippen LogP contribution in [0.1, 0.15) is 44.4 Å². The number of aryl methyl sites for hydroxylation is 1. The summed E-state index contributed by atoms with van der Waals surface area (Å²) in [5.41, 5.74) is 2.26. The van der Waals surface area contributed by atoms with E-state index in [4.69, 9.17) is 21.1 Å². The Balaban J connectivity index is 2.11. The summed E-state index contributed by atoms with van der Waals surface area (Å²) in [5.74, 6) is 0.762. The summed E-state index contributed by atoms with van der Waals surface area (Å²) in [4.78, 5) is 14.9. The molecule has 1 atom stereocenters. The number of anilines is 1. The number of benzene rings is 2. The number of ether oxygens (including phenoxy) is 2. The molecule has 0 bridgehead atoms. The van der Waals surface area contributed by atoms with Crippen LogP contribution in [-0.2, 0) is 11.2 Å². The van der Waals surface area contributed by atoms with Crippen LogP contribution in [0.25, 0.3) is 0 Å². The van der Waals surface area contributed by atoms with Crippen molar-refractivity contribution >= 4 is 39.3 Å². The van der Waals surface area contributed by atoms with E-state index >= 15 is 0 Å². The Labute approximate surface area is 173 Å². The van der Waals surface area contributed by atoms with E-state index < -0.39 is 5.60 Å². The molecule has 6 heteroatoms. The summed E-state index contributed by atoms with van der Waals surface area (Å²) >= 11 is 9.82. The topological polar surface area (TPSA) is 38.8 Å². The molecule has 3 rings (SSSR count). The quantitative estimate of drug-likeness (QED) is 0.519. The van der Waals surface area contributed by atoms with E-state index in [0.29, 0.717) is 5.02 Å². The average molecular weight is 453 g/mol. The number of hydrogen-bond acceptors (Lipinski definition) is 3. The second kappa shape index (κ2) is 7.72. The van der Waals surface area contributed by atoms with Gasteiger partial charge in [-0.3, -0.25) is 4.90 Å². The number of amides is 1. The van der Waals surface area contributed by atoms with Gasteiger partial charge in [0.15, 0.2) is 0 Å². The standard InChI is InChI=1S/C21H23BrClNO3/c1-21(2,3)27-20(25)24-18(13-6-5-7-16(11-13)26-4)9-8-14-10-15(23)12-17(22)19(14)24/h5-7,10-12,18H,8-9H2,1-4H3. The summed E-state index contributed by atoms with van der Waals surface area (Å²) in [7, 11) is 1.64. The first-order valence-electron chi connectivity index (χ1n) is 8.83. The van der Waals surface area contributed by atoms with Crippen molar-refractivity contribution in [3.05, 3.63) is 57.0 Å². The van der Waals surface area contributed by atoms with Crippen LogP contribution in [0.15, 0.2) is 40.9 Å². The minimum atomic E-state index is -0.591. The van der Waals surface area contributed by atoms with Crippen molar-refractivity contribution in [1.82, 2.24) is 0 Å². The minimum absolute atomic E-state index is 0.153. The van der Waals surface area contributed by atoms with Crippen molar-refractivity contribution in [3.8, 4) is 5.75 Å². The Kier molecular flexibility index (Phi) is 5.73. The number of rotatable bonds is 2. The molecule has 0 spiro atoms. The van der Waals surface area contributed by atoms with Crippen molar-refractivity contribution in [1.29, 1.82) is 0 Å². The smallest absolute Gasteiger partial charge is 0.415 e. The van der Waals surface area contributed by atoms with Gasteiger partial charge in [-0.2, -0.15) is 0 Å². The first kappa shape index (κ1) is 20.0. The van der Waals surface area contributed by atoms with Crippen molar-refractivity contribution in [2.75, 3.05) is 12.0 Å². The lowest BCUT2D eigenvalue weighted by Gasteiger charge is -2.39. The molecule has 144 valence electrons. The Hall–Kier alpha value is -1.72. The van der Waals surface area contributed by atoms with Crippen LogP contribution in [-0.4, -0.2) is 18.8 Å². The number of carbonyl (C=O) groups is 1. The SMILES string of the molecule is COc1cccc(C2CCc3cc(Cl)cc(Br)c3N2C(=O)OC(C)(C)C)c1. The summed E-state index contributed by atoms with van der Waals surface area (Å²) in [6, 6.07) is 11.4. The largest absolute Gasteiger partial charge is 0.497 e. The Morgan fingerprint density at radius 2 is 2.00 bits per heavy atom. The summed E-state index contributed by atoms with van der Waals surface area (Å²) in [5, 5.41) is 0.643. The monoisotopic (exact) mass is 451 g/mol. The van der Waals surface area contributed by atoms with Gasteiger partial charge >= 0.3 is 6.09 Å². The van der Waals surface area contributed by atoms with E-state index in [9.17, 15) is 4.79 Å². The summed E-state index contributed by atoms with van der Waals surface area (Å²) in [6.45, 7) is 5.60. The fraction of sp³-hybridized carbons (Fsp3) is 0.381. The maximum atomic E-state index is 13.2. The molecule has 0 fully saturated rings. The molecule has 2 aromatic carbocycles. The van der Waals surface area contributed by atoms with Gasteiger partial charge in [0, 0.05) is 9.50 Å². The molecule has 1 heterocycles. The first-order chi connectivity index (χ1) is 12.7. The molecular weight excluding hydrogens is 430 g/mol. The predicted molar refractivity (Wildman–Crippen MR) is 112 cm³/mol.